The molecular weight excluding hydrogens is 250 g/mol. The molecule has 0 spiro atoms. The smallest absolute Gasteiger partial charge is 0.119 e. The minimum Gasteiger partial charge on any atom is -0.494 e. The van der Waals surface area contributed by atoms with Crippen molar-refractivity contribution < 1.29 is 4.74 Å². The van der Waals surface area contributed by atoms with Crippen LogP contribution in [0.5, 0.6) is 5.75 Å². The lowest BCUT2D eigenvalue weighted by molar-refractivity contribution is 0.339. The predicted octanol–water partition coefficient (Wildman–Crippen LogP) is 2.96. The molecule has 106 valence electrons. The van der Waals surface area contributed by atoms with Gasteiger partial charge in [0.25, 0.3) is 0 Å². The third-order valence-corrected chi connectivity index (χ3v) is 3.00. The molecule has 0 fully saturated rings. The minimum atomic E-state index is 0.0679. The largest absolute Gasteiger partial charge is 0.494 e. The molecule has 2 rings (SSSR count). The summed E-state index contributed by atoms with van der Waals surface area (Å²) in [4.78, 5) is 8.35. The Hall–Kier alpha value is -1.94. The lowest BCUT2D eigenvalue weighted by atomic mass is 10.0. The summed E-state index contributed by atoms with van der Waals surface area (Å²) in [6.45, 7) is 5.75. The van der Waals surface area contributed by atoms with Gasteiger partial charge in [0.1, 0.15) is 12.1 Å². The molecule has 0 radical (unpaired) electrons. The molecule has 1 aromatic heterocycles. The molecular formula is C16H21N3O. The fraction of sp³-hybridized carbons (Fsp3) is 0.375. The average Bonchev–Trinajstić information content (AvgIpc) is 2.50. The number of nitrogens with zero attached hydrogens (tertiary/aromatic N) is 2. The maximum Gasteiger partial charge on any atom is 0.119 e. The molecule has 4 nitrogen and oxygen atoms in total. The Morgan fingerprint density at radius 3 is 2.85 bits per heavy atom. The quantitative estimate of drug-likeness (QED) is 0.841. The Bertz CT molecular complexity index is 516. The first-order chi connectivity index (χ1) is 9.85. The topological polar surface area (TPSA) is 47.0 Å². The van der Waals surface area contributed by atoms with Crippen LogP contribution in [0.3, 0.4) is 0 Å². The summed E-state index contributed by atoms with van der Waals surface area (Å²) in [6, 6.07) is 10.2. The number of nitrogens with one attached hydrogen (secondary N) is 1. The van der Waals surface area contributed by atoms with Gasteiger partial charge in [-0.15, -0.1) is 0 Å². The molecule has 0 aliphatic carbocycles. The summed E-state index contributed by atoms with van der Waals surface area (Å²) in [5.74, 6) is 0.891. The monoisotopic (exact) mass is 271 g/mol. The Labute approximate surface area is 120 Å². The molecule has 0 aliphatic heterocycles. The SMILES string of the molecule is CCCNC(c1cccc(OCC)c1)c1ccncn1. The van der Waals surface area contributed by atoms with Crippen molar-refractivity contribution in [2.24, 2.45) is 0 Å². The standard InChI is InChI=1S/C16H21N3O/c1-3-9-18-16(15-8-10-17-12-19-15)13-6-5-7-14(11-13)20-4-2/h5-8,10-12,16,18H,3-4,9H2,1-2H3. The molecule has 1 heterocycles. The van der Waals surface area contributed by atoms with Crippen LogP contribution in [0.25, 0.3) is 0 Å². The Morgan fingerprint density at radius 1 is 1.25 bits per heavy atom. The highest BCUT2D eigenvalue weighted by molar-refractivity contribution is 5.34. The van der Waals surface area contributed by atoms with Crippen molar-refractivity contribution in [1.29, 1.82) is 0 Å². The van der Waals surface area contributed by atoms with Gasteiger partial charge in [-0.3, -0.25) is 0 Å². The van der Waals surface area contributed by atoms with E-state index in [0.29, 0.717) is 6.61 Å². The van der Waals surface area contributed by atoms with E-state index in [-0.39, 0.29) is 6.04 Å². The van der Waals surface area contributed by atoms with Crippen LogP contribution < -0.4 is 10.1 Å². The number of hydrogen-bond acceptors (Lipinski definition) is 4. The van der Waals surface area contributed by atoms with E-state index in [9.17, 15) is 0 Å². The molecule has 1 atom stereocenters. The van der Waals surface area contributed by atoms with Crippen molar-refractivity contribution >= 4 is 0 Å². The van der Waals surface area contributed by atoms with Gasteiger partial charge >= 0.3 is 0 Å². The van der Waals surface area contributed by atoms with E-state index in [1.165, 1.54) is 0 Å². The van der Waals surface area contributed by atoms with Crippen LogP contribution in [0.15, 0.2) is 42.9 Å². The number of benzene rings is 1. The molecule has 2 aromatic rings. The second kappa shape index (κ2) is 7.60. The number of rotatable bonds is 7. The first kappa shape index (κ1) is 14.5. The van der Waals surface area contributed by atoms with Gasteiger partial charge < -0.3 is 10.1 Å². The molecule has 0 amide bonds. The predicted molar refractivity (Wildman–Crippen MR) is 79.8 cm³/mol. The molecule has 4 heteroatoms. The third-order valence-electron chi connectivity index (χ3n) is 3.00. The third kappa shape index (κ3) is 3.78. The molecule has 20 heavy (non-hydrogen) atoms. The second-order valence-electron chi connectivity index (χ2n) is 4.53. The molecule has 0 bridgehead atoms. The van der Waals surface area contributed by atoms with Gasteiger partial charge in [-0.2, -0.15) is 0 Å². The lowest BCUT2D eigenvalue weighted by Gasteiger charge is -2.19. The summed E-state index contributed by atoms with van der Waals surface area (Å²) < 4.78 is 5.58. The van der Waals surface area contributed by atoms with Crippen molar-refractivity contribution in [2.45, 2.75) is 26.3 Å². The van der Waals surface area contributed by atoms with Gasteiger partial charge in [-0.1, -0.05) is 19.1 Å². The fourth-order valence-corrected chi connectivity index (χ4v) is 2.10. The second-order valence-corrected chi connectivity index (χ2v) is 4.53. The van der Waals surface area contributed by atoms with Crippen LogP contribution in [0, 0.1) is 0 Å². The van der Waals surface area contributed by atoms with E-state index in [4.69, 9.17) is 4.74 Å². The summed E-state index contributed by atoms with van der Waals surface area (Å²) in [5.41, 5.74) is 2.13. The molecule has 1 aromatic carbocycles. The van der Waals surface area contributed by atoms with Gasteiger partial charge in [0.15, 0.2) is 0 Å². The first-order valence-electron chi connectivity index (χ1n) is 7.07. The van der Waals surface area contributed by atoms with E-state index < -0.39 is 0 Å². The van der Waals surface area contributed by atoms with E-state index in [1.54, 1.807) is 12.5 Å². The Morgan fingerprint density at radius 2 is 2.15 bits per heavy atom. The van der Waals surface area contributed by atoms with Crippen LogP contribution >= 0.6 is 0 Å². The van der Waals surface area contributed by atoms with Crippen molar-refractivity contribution in [1.82, 2.24) is 15.3 Å². The van der Waals surface area contributed by atoms with E-state index in [2.05, 4.69) is 34.3 Å². The van der Waals surface area contributed by atoms with Crippen LogP contribution in [-0.4, -0.2) is 23.1 Å². The van der Waals surface area contributed by atoms with Crippen LogP contribution in [-0.2, 0) is 0 Å². The van der Waals surface area contributed by atoms with Gasteiger partial charge in [0, 0.05) is 6.20 Å². The van der Waals surface area contributed by atoms with Crippen molar-refractivity contribution in [3.05, 3.63) is 54.1 Å². The number of ether oxygens (including phenoxy) is 1. The zero-order valence-electron chi connectivity index (χ0n) is 12.0. The summed E-state index contributed by atoms with van der Waals surface area (Å²) >= 11 is 0. The Kier molecular flexibility index (Phi) is 5.50. The van der Waals surface area contributed by atoms with E-state index in [0.717, 1.165) is 30.0 Å². The van der Waals surface area contributed by atoms with Gasteiger partial charge in [-0.05, 0) is 43.7 Å². The highest BCUT2D eigenvalue weighted by Crippen LogP contribution is 2.23. The van der Waals surface area contributed by atoms with Crippen LogP contribution in [0.4, 0.5) is 0 Å². The van der Waals surface area contributed by atoms with Gasteiger partial charge in [-0.25, -0.2) is 9.97 Å². The fourth-order valence-electron chi connectivity index (χ4n) is 2.10. The number of hydrogen-bond donors (Lipinski definition) is 1. The number of aromatic nitrogens is 2. The maximum absolute atomic E-state index is 5.58. The maximum atomic E-state index is 5.58. The highest BCUT2D eigenvalue weighted by atomic mass is 16.5. The molecule has 0 saturated carbocycles. The van der Waals surface area contributed by atoms with E-state index >= 15 is 0 Å². The van der Waals surface area contributed by atoms with Crippen LogP contribution in [0.2, 0.25) is 0 Å². The summed E-state index contributed by atoms with van der Waals surface area (Å²) in [5, 5.41) is 3.53. The van der Waals surface area contributed by atoms with Gasteiger partial charge in [0.05, 0.1) is 18.3 Å². The summed E-state index contributed by atoms with van der Waals surface area (Å²) in [6.07, 6.45) is 4.43. The van der Waals surface area contributed by atoms with Crippen molar-refractivity contribution in [3.8, 4) is 5.75 Å². The van der Waals surface area contributed by atoms with Crippen LogP contribution in [0.1, 0.15) is 37.6 Å². The normalized spacial score (nSPS) is 12.1. The van der Waals surface area contributed by atoms with E-state index in [1.807, 2.05) is 25.1 Å². The minimum absolute atomic E-state index is 0.0679. The lowest BCUT2D eigenvalue weighted by Crippen LogP contribution is -2.24. The first-order valence-corrected chi connectivity index (χ1v) is 7.07. The van der Waals surface area contributed by atoms with Gasteiger partial charge in [0.2, 0.25) is 0 Å². The highest BCUT2D eigenvalue weighted by Gasteiger charge is 2.15. The molecule has 0 saturated heterocycles. The zero-order chi connectivity index (χ0) is 14.2. The van der Waals surface area contributed by atoms with Crippen molar-refractivity contribution in [2.75, 3.05) is 13.2 Å². The average molecular weight is 271 g/mol. The molecule has 0 aliphatic rings. The molecule has 1 unspecified atom stereocenters. The molecule has 1 N–H and O–H groups in total. The zero-order valence-corrected chi connectivity index (χ0v) is 12.0. The Balaban J connectivity index is 2.28. The van der Waals surface area contributed by atoms with Crippen molar-refractivity contribution in [3.63, 3.8) is 0 Å². The summed E-state index contributed by atoms with van der Waals surface area (Å²) in [7, 11) is 0.